The molecule has 4 aromatic rings. The third-order valence-electron chi connectivity index (χ3n) is 7.96. The summed E-state index contributed by atoms with van der Waals surface area (Å²) in [5.74, 6) is 2.74. The van der Waals surface area contributed by atoms with E-state index in [0.717, 1.165) is 22.9 Å². The Balaban J connectivity index is 1.31. The monoisotopic (exact) mass is 466 g/mol. The average molecular weight is 467 g/mol. The number of anilines is 1. The molecule has 0 spiro atoms. The van der Waals surface area contributed by atoms with Crippen molar-refractivity contribution in [3.05, 3.63) is 89.7 Å². The smallest absolute Gasteiger partial charge is 0.313 e. The van der Waals surface area contributed by atoms with Gasteiger partial charge in [0.25, 0.3) is 0 Å². The van der Waals surface area contributed by atoms with Gasteiger partial charge in [0.15, 0.2) is 0 Å². The van der Waals surface area contributed by atoms with E-state index < -0.39 is 5.60 Å². The molecule has 0 saturated heterocycles. The number of aromatic nitrogens is 3. The second-order valence-electron chi connectivity index (χ2n) is 10.4. The number of rotatable bonds is 6. The Labute approximate surface area is 205 Å². The van der Waals surface area contributed by atoms with Gasteiger partial charge in [0.2, 0.25) is 5.89 Å². The van der Waals surface area contributed by atoms with E-state index in [9.17, 15) is 0 Å². The molecule has 2 aliphatic carbocycles. The number of hydrogen-bond acceptors (Lipinski definition) is 6. The quantitative estimate of drug-likeness (QED) is 0.368. The fourth-order valence-corrected chi connectivity index (χ4v) is 6.35. The molecule has 2 aromatic heterocycles. The summed E-state index contributed by atoms with van der Waals surface area (Å²) in [6, 6.07) is 23.4. The summed E-state index contributed by atoms with van der Waals surface area (Å²) >= 11 is 0. The van der Waals surface area contributed by atoms with E-state index in [-0.39, 0.29) is 11.4 Å². The van der Waals surface area contributed by atoms with Gasteiger partial charge in [-0.25, -0.2) is 0 Å². The largest absolute Gasteiger partial charge is 0.482 e. The highest BCUT2D eigenvalue weighted by Crippen LogP contribution is 2.60. The molecule has 0 amide bonds. The van der Waals surface area contributed by atoms with E-state index in [1.54, 1.807) is 6.20 Å². The summed E-state index contributed by atoms with van der Waals surface area (Å²) in [5.41, 5.74) is 9.63. The van der Waals surface area contributed by atoms with Crippen LogP contribution in [0.25, 0.3) is 11.5 Å². The molecule has 2 saturated carbocycles. The van der Waals surface area contributed by atoms with Gasteiger partial charge < -0.3 is 14.9 Å². The van der Waals surface area contributed by atoms with Gasteiger partial charge in [0, 0.05) is 17.2 Å². The van der Waals surface area contributed by atoms with Gasteiger partial charge in [-0.2, -0.15) is 0 Å². The lowest BCUT2D eigenvalue weighted by atomic mass is 9.64. The molecule has 2 heterocycles. The van der Waals surface area contributed by atoms with Crippen LogP contribution in [0.5, 0.6) is 5.75 Å². The van der Waals surface area contributed by atoms with E-state index in [4.69, 9.17) is 14.9 Å². The summed E-state index contributed by atoms with van der Waals surface area (Å²) < 4.78 is 11.8. The Morgan fingerprint density at radius 3 is 2.26 bits per heavy atom. The van der Waals surface area contributed by atoms with Crippen LogP contribution < -0.4 is 10.5 Å². The molecule has 0 unspecified atom stereocenters. The summed E-state index contributed by atoms with van der Waals surface area (Å²) in [5, 5.41) is 7.81. The number of nitrogens with two attached hydrogens (primary N) is 1. The molecule has 2 aromatic carbocycles. The van der Waals surface area contributed by atoms with E-state index in [2.05, 4.69) is 77.6 Å². The Morgan fingerprint density at radius 1 is 0.943 bits per heavy atom. The number of benzene rings is 2. The van der Waals surface area contributed by atoms with Crippen molar-refractivity contribution in [3.63, 3.8) is 0 Å². The van der Waals surface area contributed by atoms with Crippen LogP contribution in [0.2, 0.25) is 0 Å². The van der Waals surface area contributed by atoms with Crippen molar-refractivity contribution >= 4 is 6.01 Å². The lowest BCUT2D eigenvalue weighted by molar-refractivity contribution is 0.104. The van der Waals surface area contributed by atoms with Gasteiger partial charge in [-0.05, 0) is 92.5 Å². The molecule has 2 fully saturated rings. The van der Waals surface area contributed by atoms with Crippen molar-refractivity contribution < 1.29 is 9.15 Å². The van der Waals surface area contributed by atoms with Crippen LogP contribution in [0.15, 0.2) is 77.3 Å². The molecule has 6 heteroatoms. The van der Waals surface area contributed by atoms with Gasteiger partial charge in [-0.3, -0.25) is 4.98 Å². The number of nitrogens with zero attached hydrogens (tertiary/aromatic N) is 3. The molecule has 2 bridgehead atoms. The molecule has 35 heavy (non-hydrogen) atoms. The fourth-order valence-electron chi connectivity index (χ4n) is 6.35. The van der Waals surface area contributed by atoms with Crippen molar-refractivity contribution in [2.24, 2.45) is 11.8 Å². The molecule has 3 atom stereocenters. The van der Waals surface area contributed by atoms with Crippen molar-refractivity contribution in [1.29, 1.82) is 0 Å². The minimum Gasteiger partial charge on any atom is -0.482 e. The minimum absolute atomic E-state index is 0.0182. The zero-order chi connectivity index (χ0) is 24.0. The van der Waals surface area contributed by atoms with E-state index in [1.807, 2.05) is 18.2 Å². The topological polar surface area (TPSA) is 87.1 Å². The molecule has 2 N–H and O–H groups in total. The predicted molar refractivity (Wildman–Crippen MR) is 135 cm³/mol. The maximum Gasteiger partial charge on any atom is 0.313 e. The number of hydrogen-bond donors (Lipinski definition) is 1. The first kappa shape index (κ1) is 21.8. The van der Waals surface area contributed by atoms with Gasteiger partial charge >= 0.3 is 6.01 Å². The van der Waals surface area contributed by atoms with Gasteiger partial charge in [0.05, 0.1) is 5.69 Å². The zero-order valence-electron chi connectivity index (χ0n) is 20.1. The van der Waals surface area contributed by atoms with Crippen LogP contribution in [0.3, 0.4) is 0 Å². The number of ether oxygens (including phenoxy) is 1. The molecular weight excluding hydrogens is 436 g/mol. The van der Waals surface area contributed by atoms with Crippen LogP contribution in [-0.2, 0) is 11.0 Å². The normalized spacial score (nSPS) is 23.5. The van der Waals surface area contributed by atoms with Crippen LogP contribution in [0.1, 0.15) is 56.4 Å². The number of nitrogen functional groups attached to an aromatic ring is 1. The summed E-state index contributed by atoms with van der Waals surface area (Å²) in [6.45, 7) is 4.11. The summed E-state index contributed by atoms with van der Waals surface area (Å²) in [4.78, 5) is 4.49. The standard InChI is InChI=1S/C29H30N4O2/c1-28(2,25-5-3-4-16-31-25)35-24-14-12-22(13-15-24)29(18-19-6-9-23(29)17-19)21-10-7-20(8-11-21)26-32-33-27(30)34-26/h3-5,7-8,10-16,19,23H,6,9,17-18H2,1-2H3,(H2,30,33)/t19-,23+,29+/m1/s1. The Bertz CT molecular complexity index is 1320. The van der Waals surface area contributed by atoms with E-state index in [0.29, 0.717) is 11.8 Å². The van der Waals surface area contributed by atoms with Crippen LogP contribution in [-0.4, -0.2) is 15.2 Å². The molecule has 2 aliphatic rings. The maximum atomic E-state index is 6.38. The van der Waals surface area contributed by atoms with Gasteiger partial charge in [-0.1, -0.05) is 41.9 Å². The van der Waals surface area contributed by atoms with E-state index >= 15 is 0 Å². The maximum absolute atomic E-state index is 6.38. The van der Waals surface area contributed by atoms with Crippen LogP contribution in [0.4, 0.5) is 6.01 Å². The van der Waals surface area contributed by atoms with Gasteiger partial charge in [0.1, 0.15) is 11.4 Å². The number of fused-ring (bicyclic) bond motifs is 2. The molecule has 0 aliphatic heterocycles. The first-order valence-corrected chi connectivity index (χ1v) is 12.3. The predicted octanol–water partition coefficient (Wildman–Crippen LogP) is 6.13. The third-order valence-corrected chi connectivity index (χ3v) is 7.96. The lowest BCUT2D eigenvalue weighted by Crippen LogP contribution is -2.34. The minimum atomic E-state index is -0.513. The Morgan fingerprint density at radius 2 is 1.69 bits per heavy atom. The van der Waals surface area contributed by atoms with Crippen LogP contribution >= 0.6 is 0 Å². The molecule has 6 rings (SSSR count). The van der Waals surface area contributed by atoms with E-state index in [1.165, 1.54) is 36.8 Å². The number of pyridine rings is 1. The Hall–Kier alpha value is -3.67. The molecule has 6 nitrogen and oxygen atoms in total. The first-order chi connectivity index (χ1) is 16.9. The highest BCUT2D eigenvalue weighted by molar-refractivity contribution is 5.56. The summed E-state index contributed by atoms with van der Waals surface area (Å²) in [6.07, 6.45) is 6.90. The molecular formula is C29H30N4O2. The highest BCUT2D eigenvalue weighted by Gasteiger charge is 2.52. The SMILES string of the molecule is CC(C)(Oc1ccc([C@@]2(c3ccc(-c4nnc(N)o4)cc3)C[C@@H]3CC[C@H]2C3)cc1)c1ccccn1. The second-order valence-corrected chi connectivity index (χ2v) is 10.4. The van der Waals surface area contributed by atoms with Crippen molar-refractivity contribution in [1.82, 2.24) is 15.2 Å². The lowest BCUT2D eigenvalue weighted by Gasteiger charge is -2.39. The zero-order valence-corrected chi connectivity index (χ0v) is 20.1. The second kappa shape index (κ2) is 8.22. The third kappa shape index (κ3) is 3.77. The van der Waals surface area contributed by atoms with Crippen LogP contribution in [0, 0.1) is 11.8 Å². The molecule has 178 valence electrons. The van der Waals surface area contributed by atoms with Crippen molar-refractivity contribution in [2.75, 3.05) is 5.73 Å². The first-order valence-electron chi connectivity index (χ1n) is 12.3. The fraction of sp³-hybridized carbons (Fsp3) is 0.345. The average Bonchev–Trinajstić information content (AvgIpc) is 3.62. The van der Waals surface area contributed by atoms with Crippen molar-refractivity contribution in [3.8, 4) is 17.2 Å². The molecule has 0 radical (unpaired) electrons. The Kier molecular flexibility index (Phi) is 5.13. The van der Waals surface area contributed by atoms with Crippen molar-refractivity contribution in [2.45, 2.75) is 50.5 Å². The highest BCUT2D eigenvalue weighted by atomic mass is 16.5. The summed E-state index contributed by atoms with van der Waals surface area (Å²) in [7, 11) is 0. The van der Waals surface area contributed by atoms with Gasteiger partial charge in [-0.15, -0.1) is 5.10 Å².